The number of para-hydroxylation sites is 1. The van der Waals surface area contributed by atoms with Gasteiger partial charge < -0.3 is 15.8 Å². The van der Waals surface area contributed by atoms with Crippen molar-refractivity contribution in [2.45, 2.75) is 45.3 Å². The molecule has 0 saturated carbocycles. The Morgan fingerprint density at radius 2 is 1.85 bits per heavy atom. The molecule has 0 bridgehead atoms. The van der Waals surface area contributed by atoms with Crippen LogP contribution in [0.4, 0.5) is 5.69 Å². The fourth-order valence-corrected chi connectivity index (χ4v) is 3.98. The third kappa shape index (κ3) is 5.24. The molecule has 3 N–H and O–H groups in total. The van der Waals surface area contributed by atoms with Gasteiger partial charge in [0.15, 0.2) is 0 Å². The van der Waals surface area contributed by atoms with Crippen LogP contribution in [-0.4, -0.2) is 31.1 Å². The molecule has 0 amide bonds. The predicted molar refractivity (Wildman–Crippen MR) is 113 cm³/mol. The molecular weight excluding hydrogens is 334 g/mol. The van der Waals surface area contributed by atoms with E-state index in [1.165, 1.54) is 24.0 Å². The Balaban J connectivity index is 1.56. The molecule has 4 heteroatoms. The van der Waals surface area contributed by atoms with E-state index in [2.05, 4.69) is 54.4 Å². The molecular formula is C23H33N3O. The number of hydrogen-bond acceptors (Lipinski definition) is 4. The topological polar surface area (TPSA) is 50.5 Å². The Labute approximate surface area is 163 Å². The molecule has 1 unspecified atom stereocenters. The number of anilines is 1. The number of ether oxygens (including phenoxy) is 1. The summed E-state index contributed by atoms with van der Waals surface area (Å²) in [6.45, 7) is 7.75. The minimum Gasteiger partial charge on any atom is -0.497 e. The van der Waals surface area contributed by atoms with Crippen molar-refractivity contribution in [3.05, 3.63) is 59.7 Å². The van der Waals surface area contributed by atoms with E-state index in [0.717, 1.165) is 31.1 Å². The average Bonchev–Trinajstić information content (AvgIpc) is 2.68. The van der Waals surface area contributed by atoms with Crippen molar-refractivity contribution in [2.75, 3.05) is 25.9 Å². The summed E-state index contributed by atoms with van der Waals surface area (Å²) in [6, 6.07) is 17.5. The molecule has 1 atom stereocenters. The summed E-state index contributed by atoms with van der Waals surface area (Å²) in [4.78, 5) is 2.54. The van der Waals surface area contributed by atoms with Crippen LogP contribution in [0.15, 0.2) is 48.5 Å². The van der Waals surface area contributed by atoms with Crippen molar-refractivity contribution in [1.29, 1.82) is 0 Å². The number of piperidine rings is 1. The molecule has 0 spiro atoms. The second-order valence-electron chi connectivity index (χ2n) is 7.92. The Bertz CT molecular complexity index is 723. The van der Waals surface area contributed by atoms with Gasteiger partial charge in [0.25, 0.3) is 0 Å². The van der Waals surface area contributed by atoms with Gasteiger partial charge in [-0.05, 0) is 61.2 Å². The molecule has 2 aromatic rings. The molecule has 0 aromatic heterocycles. The summed E-state index contributed by atoms with van der Waals surface area (Å²) < 4.78 is 5.34. The highest BCUT2D eigenvalue weighted by molar-refractivity contribution is 5.48. The van der Waals surface area contributed by atoms with Gasteiger partial charge in [-0.2, -0.15) is 0 Å². The lowest BCUT2D eigenvalue weighted by atomic mass is 9.92. The molecule has 0 aliphatic carbocycles. The minimum atomic E-state index is 0.307. The summed E-state index contributed by atoms with van der Waals surface area (Å²) in [6.07, 6.45) is 2.33. The van der Waals surface area contributed by atoms with E-state index in [9.17, 15) is 0 Å². The van der Waals surface area contributed by atoms with Crippen LogP contribution in [0.25, 0.3) is 0 Å². The molecule has 3 rings (SSSR count). The van der Waals surface area contributed by atoms with Crippen molar-refractivity contribution in [3.63, 3.8) is 0 Å². The highest BCUT2D eigenvalue weighted by Gasteiger charge is 2.25. The Kier molecular flexibility index (Phi) is 6.75. The molecule has 1 aliphatic heterocycles. The number of methoxy groups -OCH3 is 1. The normalized spacial score (nSPS) is 17.2. The Morgan fingerprint density at radius 1 is 1.11 bits per heavy atom. The van der Waals surface area contributed by atoms with Gasteiger partial charge in [0, 0.05) is 24.3 Å². The third-order valence-electron chi connectivity index (χ3n) is 5.54. The maximum absolute atomic E-state index is 6.24. The molecule has 2 aromatic carbocycles. The zero-order valence-corrected chi connectivity index (χ0v) is 16.8. The van der Waals surface area contributed by atoms with Crippen molar-refractivity contribution in [3.8, 4) is 5.75 Å². The van der Waals surface area contributed by atoms with Crippen molar-refractivity contribution >= 4 is 5.69 Å². The highest BCUT2D eigenvalue weighted by Crippen LogP contribution is 2.28. The van der Waals surface area contributed by atoms with Crippen molar-refractivity contribution < 1.29 is 4.74 Å². The molecule has 27 heavy (non-hydrogen) atoms. The number of nitrogens with one attached hydrogen (secondary N) is 1. The summed E-state index contributed by atoms with van der Waals surface area (Å²) in [5.41, 5.74) is 9.67. The van der Waals surface area contributed by atoms with Gasteiger partial charge >= 0.3 is 0 Å². The third-order valence-corrected chi connectivity index (χ3v) is 5.54. The SMILES string of the molecule is COc1cccc(CN2CCC(NC(c3ccccc3N)C(C)C)CC2)c1. The van der Waals surface area contributed by atoms with Crippen LogP contribution in [0.1, 0.15) is 43.9 Å². The first-order valence-electron chi connectivity index (χ1n) is 10.0. The van der Waals surface area contributed by atoms with E-state index < -0.39 is 0 Å². The molecule has 1 aliphatic rings. The first kappa shape index (κ1) is 19.7. The van der Waals surface area contributed by atoms with Crippen LogP contribution in [-0.2, 0) is 6.54 Å². The second kappa shape index (κ2) is 9.25. The minimum absolute atomic E-state index is 0.307. The van der Waals surface area contributed by atoms with E-state index in [-0.39, 0.29) is 0 Å². The molecule has 0 radical (unpaired) electrons. The number of rotatable bonds is 7. The number of benzene rings is 2. The number of nitrogens with two attached hydrogens (primary N) is 1. The average molecular weight is 368 g/mol. The molecule has 1 saturated heterocycles. The van der Waals surface area contributed by atoms with Crippen molar-refractivity contribution in [2.24, 2.45) is 5.92 Å². The van der Waals surface area contributed by atoms with Crippen LogP contribution in [0.5, 0.6) is 5.75 Å². The zero-order chi connectivity index (χ0) is 19.2. The van der Waals surface area contributed by atoms with Gasteiger partial charge in [-0.15, -0.1) is 0 Å². The standard InChI is InChI=1S/C23H33N3O/c1-17(2)23(21-9-4-5-10-22(21)24)25-19-11-13-26(14-12-19)16-18-7-6-8-20(15-18)27-3/h4-10,15,17,19,23,25H,11-14,16,24H2,1-3H3. The van der Waals surface area contributed by atoms with E-state index >= 15 is 0 Å². The van der Waals surface area contributed by atoms with Crippen LogP contribution in [0.3, 0.4) is 0 Å². The number of nitrogen functional groups attached to an aromatic ring is 1. The summed E-state index contributed by atoms with van der Waals surface area (Å²) in [5.74, 6) is 1.44. The Morgan fingerprint density at radius 3 is 2.52 bits per heavy atom. The van der Waals surface area contributed by atoms with Crippen molar-refractivity contribution in [1.82, 2.24) is 10.2 Å². The van der Waals surface area contributed by atoms with E-state index in [0.29, 0.717) is 18.0 Å². The fraction of sp³-hybridized carbons (Fsp3) is 0.478. The summed E-state index contributed by atoms with van der Waals surface area (Å²) in [5, 5.41) is 3.89. The maximum Gasteiger partial charge on any atom is 0.119 e. The van der Waals surface area contributed by atoms with Gasteiger partial charge in [0.1, 0.15) is 5.75 Å². The van der Waals surface area contributed by atoms with Crippen LogP contribution < -0.4 is 15.8 Å². The molecule has 4 nitrogen and oxygen atoms in total. The molecule has 1 fully saturated rings. The zero-order valence-electron chi connectivity index (χ0n) is 16.8. The molecule has 1 heterocycles. The van der Waals surface area contributed by atoms with Crippen LogP contribution in [0, 0.1) is 5.92 Å². The second-order valence-corrected chi connectivity index (χ2v) is 7.92. The fourth-order valence-electron chi connectivity index (χ4n) is 3.98. The molecule has 146 valence electrons. The lowest BCUT2D eigenvalue weighted by molar-refractivity contribution is 0.178. The van der Waals surface area contributed by atoms with E-state index in [4.69, 9.17) is 10.5 Å². The Hall–Kier alpha value is -2.04. The summed E-state index contributed by atoms with van der Waals surface area (Å²) in [7, 11) is 1.72. The first-order valence-corrected chi connectivity index (χ1v) is 10.0. The van der Waals surface area contributed by atoms with Gasteiger partial charge in [-0.25, -0.2) is 0 Å². The maximum atomic E-state index is 6.24. The van der Waals surface area contributed by atoms with Gasteiger partial charge in [0.2, 0.25) is 0 Å². The number of likely N-dealkylation sites (tertiary alicyclic amines) is 1. The smallest absolute Gasteiger partial charge is 0.119 e. The number of nitrogens with zero attached hydrogens (tertiary/aromatic N) is 1. The summed E-state index contributed by atoms with van der Waals surface area (Å²) >= 11 is 0. The quantitative estimate of drug-likeness (QED) is 0.719. The monoisotopic (exact) mass is 367 g/mol. The lowest BCUT2D eigenvalue weighted by Gasteiger charge is -2.36. The van der Waals surface area contributed by atoms with Gasteiger partial charge in [-0.1, -0.05) is 44.2 Å². The predicted octanol–water partition coefficient (Wildman–Crippen LogP) is 4.23. The van der Waals surface area contributed by atoms with Crippen LogP contribution >= 0.6 is 0 Å². The van der Waals surface area contributed by atoms with E-state index in [1.54, 1.807) is 7.11 Å². The van der Waals surface area contributed by atoms with Gasteiger partial charge in [-0.3, -0.25) is 4.90 Å². The van der Waals surface area contributed by atoms with E-state index in [1.807, 2.05) is 18.2 Å². The highest BCUT2D eigenvalue weighted by atomic mass is 16.5. The number of hydrogen-bond donors (Lipinski definition) is 2. The largest absolute Gasteiger partial charge is 0.497 e. The van der Waals surface area contributed by atoms with Crippen LogP contribution in [0.2, 0.25) is 0 Å². The van der Waals surface area contributed by atoms with Gasteiger partial charge in [0.05, 0.1) is 7.11 Å². The first-order chi connectivity index (χ1) is 13.1. The lowest BCUT2D eigenvalue weighted by Crippen LogP contribution is -2.44.